The molecule has 0 saturated heterocycles. The lowest BCUT2D eigenvalue weighted by Crippen LogP contribution is -2.38. The first-order valence-corrected chi connectivity index (χ1v) is 8.39. The number of aliphatic imine (C=N–C) groups is 1. The summed E-state index contributed by atoms with van der Waals surface area (Å²) in [6, 6.07) is 5.65. The molecule has 2 rings (SSSR count). The Bertz CT molecular complexity index is 675. The monoisotopic (exact) mass is 484 g/mol. The third kappa shape index (κ3) is 5.77. The fourth-order valence-electron chi connectivity index (χ4n) is 2.03. The number of benzene rings is 1. The van der Waals surface area contributed by atoms with E-state index in [1.54, 1.807) is 18.4 Å². The van der Waals surface area contributed by atoms with Crippen LogP contribution in [0.5, 0.6) is 0 Å². The zero-order valence-corrected chi connectivity index (χ0v) is 17.8. The summed E-state index contributed by atoms with van der Waals surface area (Å²) in [4.78, 5) is 11.8. The average Bonchev–Trinajstić information content (AvgIpc) is 2.89. The van der Waals surface area contributed by atoms with Crippen LogP contribution >= 0.6 is 58.5 Å². The van der Waals surface area contributed by atoms with E-state index in [-0.39, 0.29) is 24.0 Å². The van der Waals surface area contributed by atoms with E-state index in [4.69, 9.17) is 23.2 Å². The molecule has 2 aromatic rings. The molecule has 126 valence electrons. The molecule has 0 aliphatic rings. The van der Waals surface area contributed by atoms with E-state index < -0.39 is 0 Å². The number of guanidine groups is 1. The molecule has 0 radical (unpaired) electrons. The van der Waals surface area contributed by atoms with Crippen molar-refractivity contribution < 1.29 is 0 Å². The van der Waals surface area contributed by atoms with Gasteiger partial charge in [0, 0.05) is 25.5 Å². The molecule has 23 heavy (non-hydrogen) atoms. The summed E-state index contributed by atoms with van der Waals surface area (Å²) in [6.45, 7) is 3.42. The third-order valence-corrected chi connectivity index (χ3v) is 4.90. The van der Waals surface area contributed by atoms with Crippen LogP contribution in [-0.4, -0.2) is 29.9 Å². The molecule has 0 unspecified atom stereocenters. The van der Waals surface area contributed by atoms with E-state index in [0.29, 0.717) is 16.6 Å². The Hall–Kier alpha value is -0.570. The Morgan fingerprint density at radius 1 is 1.35 bits per heavy atom. The van der Waals surface area contributed by atoms with Crippen molar-refractivity contribution in [2.75, 3.05) is 14.1 Å². The first kappa shape index (κ1) is 20.5. The molecule has 8 heteroatoms. The highest BCUT2D eigenvalue weighted by Gasteiger charge is 2.09. The number of rotatable bonds is 4. The summed E-state index contributed by atoms with van der Waals surface area (Å²) in [5.41, 5.74) is 3.99. The average molecular weight is 485 g/mol. The maximum absolute atomic E-state index is 6.05. The van der Waals surface area contributed by atoms with Gasteiger partial charge < -0.3 is 10.2 Å². The Labute approximate surface area is 167 Å². The first-order valence-electron chi connectivity index (χ1n) is 6.76. The van der Waals surface area contributed by atoms with Crippen molar-refractivity contribution in [3.63, 3.8) is 0 Å². The molecule has 0 amide bonds. The van der Waals surface area contributed by atoms with Gasteiger partial charge in [-0.3, -0.25) is 4.99 Å². The van der Waals surface area contributed by atoms with E-state index in [1.807, 2.05) is 42.6 Å². The number of halogens is 3. The van der Waals surface area contributed by atoms with Crippen molar-refractivity contribution in [2.45, 2.75) is 20.0 Å². The normalized spacial score (nSPS) is 11.1. The highest BCUT2D eigenvalue weighted by Crippen LogP contribution is 2.23. The number of hydrogen-bond acceptors (Lipinski definition) is 3. The topological polar surface area (TPSA) is 40.5 Å². The second-order valence-electron chi connectivity index (χ2n) is 4.87. The van der Waals surface area contributed by atoms with Crippen molar-refractivity contribution in [2.24, 2.45) is 4.99 Å². The van der Waals surface area contributed by atoms with Gasteiger partial charge in [-0.05, 0) is 24.6 Å². The van der Waals surface area contributed by atoms with Crippen molar-refractivity contribution >= 4 is 64.5 Å². The zero-order chi connectivity index (χ0) is 16.1. The minimum atomic E-state index is 0. The molecule has 0 aliphatic carbocycles. The van der Waals surface area contributed by atoms with Crippen LogP contribution in [0.4, 0.5) is 0 Å². The van der Waals surface area contributed by atoms with E-state index in [0.717, 1.165) is 23.8 Å². The Balaban J connectivity index is 0.00000264. The van der Waals surface area contributed by atoms with Crippen molar-refractivity contribution in [1.29, 1.82) is 0 Å². The second kappa shape index (κ2) is 9.66. The van der Waals surface area contributed by atoms with Crippen molar-refractivity contribution in [3.05, 3.63) is 49.9 Å². The molecule has 0 fully saturated rings. The van der Waals surface area contributed by atoms with Gasteiger partial charge in [0.15, 0.2) is 5.96 Å². The molecule has 1 N–H and O–H groups in total. The molecule has 1 heterocycles. The van der Waals surface area contributed by atoms with Crippen molar-refractivity contribution in [1.82, 2.24) is 15.2 Å². The molecular weight excluding hydrogens is 466 g/mol. The lowest BCUT2D eigenvalue weighted by atomic mass is 10.2. The van der Waals surface area contributed by atoms with Crippen LogP contribution in [0.15, 0.2) is 28.7 Å². The number of hydrogen-bond donors (Lipinski definition) is 1. The molecule has 1 aromatic heterocycles. The predicted octanol–water partition coefficient (Wildman–Crippen LogP) is 4.58. The van der Waals surface area contributed by atoms with Gasteiger partial charge in [0.05, 0.1) is 27.8 Å². The van der Waals surface area contributed by atoms with Gasteiger partial charge in [-0.2, -0.15) is 0 Å². The smallest absolute Gasteiger partial charge is 0.193 e. The number of nitrogens with zero attached hydrogens (tertiary/aromatic N) is 3. The highest BCUT2D eigenvalue weighted by molar-refractivity contribution is 14.0. The Morgan fingerprint density at radius 3 is 2.65 bits per heavy atom. The molecule has 4 nitrogen and oxygen atoms in total. The summed E-state index contributed by atoms with van der Waals surface area (Å²) in [7, 11) is 3.75. The predicted molar refractivity (Wildman–Crippen MR) is 110 cm³/mol. The van der Waals surface area contributed by atoms with Gasteiger partial charge >= 0.3 is 0 Å². The van der Waals surface area contributed by atoms with Gasteiger partial charge in [0.2, 0.25) is 0 Å². The lowest BCUT2D eigenvalue weighted by Gasteiger charge is -2.22. The highest BCUT2D eigenvalue weighted by atomic mass is 127. The van der Waals surface area contributed by atoms with Crippen LogP contribution in [0, 0.1) is 6.92 Å². The maximum atomic E-state index is 6.05. The zero-order valence-electron chi connectivity index (χ0n) is 13.1. The fourth-order valence-corrected chi connectivity index (χ4v) is 3.06. The van der Waals surface area contributed by atoms with Crippen LogP contribution < -0.4 is 5.32 Å². The lowest BCUT2D eigenvalue weighted by molar-refractivity contribution is 0.477. The van der Waals surface area contributed by atoms with Crippen LogP contribution in [0.3, 0.4) is 0 Å². The third-order valence-electron chi connectivity index (χ3n) is 3.23. The number of aromatic nitrogens is 1. The summed E-state index contributed by atoms with van der Waals surface area (Å²) < 4.78 is 0. The van der Waals surface area contributed by atoms with Crippen LogP contribution in [-0.2, 0) is 13.1 Å². The molecule has 0 bridgehead atoms. The van der Waals surface area contributed by atoms with E-state index in [1.165, 1.54) is 4.88 Å². The summed E-state index contributed by atoms with van der Waals surface area (Å²) >= 11 is 13.6. The summed E-state index contributed by atoms with van der Waals surface area (Å²) in [5.74, 6) is 0.818. The summed E-state index contributed by atoms with van der Waals surface area (Å²) in [6.07, 6.45) is 0. The molecule has 0 aliphatic heterocycles. The maximum Gasteiger partial charge on any atom is 0.193 e. The minimum absolute atomic E-state index is 0. The van der Waals surface area contributed by atoms with Crippen LogP contribution in [0.2, 0.25) is 10.0 Å². The summed E-state index contributed by atoms with van der Waals surface area (Å²) in [5, 5.41) is 4.48. The largest absolute Gasteiger partial charge is 0.351 e. The number of aryl methyl sites for hydroxylation is 1. The Kier molecular flexibility index (Phi) is 8.60. The van der Waals surface area contributed by atoms with Gasteiger partial charge in [0.25, 0.3) is 0 Å². The van der Waals surface area contributed by atoms with Gasteiger partial charge in [-0.25, -0.2) is 4.98 Å². The minimum Gasteiger partial charge on any atom is -0.351 e. The Morgan fingerprint density at radius 2 is 2.09 bits per heavy atom. The number of thiazole rings is 1. The second-order valence-corrected chi connectivity index (χ2v) is 6.62. The van der Waals surface area contributed by atoms with E-state index in [2.05, 4.69) is 15.3 Å². The first-order chi connectivity index (χ1) is 10.5. The molecule has 0 saturated carbocycles. The van der Waals surface area contributed by atoms with E-state index in [9.17, 15) is 0 Å². The van der Waals surface area contributed by atoms with Gasteiger partial charge in [-0.1, -0.05) is 29.3 Å². The van der Waals surface area contributed by atoms with Gasteiger partial charge in [0.1, 0.15) is 0 Å². The fraction of sp³-hybridized carbons (Fsp3) is 0.333. The van der Waals surface area contributed by atoms with Crippen LogP contribution in [0.1, 0.15) is 16.1 Å². The molecule has 0 atom stereocenters. The quantitative estimate of drug-likeness (QED) is 0.392. The van der Waals surface area contributed by atoms with Crippen molar-refractivity contribution in [3.8, 4) is 0 Å². The van der Waals surface area contributed by atoms with E-state index >= 15 is 0 Å². The van der Waals surface area contributed by atoms with Crippen LogP contribution in [0.25, 0.3) is 0 Å². The molecular formula is C15H19Cl2IN4S. The van der Waals surface area contributed by atoms with Gasteiger partial charge in [-0.15, -0.1) is 35.3 Å². The molecule has 1 aromatic carbocycles. The number of nitrogens with one attached hydrogen (secondary N) is 1. The standard InChI is InChI=1S/C15H18Cl2N4S.HI/c1-10-14(22-9-20-10)7-19-15(18-2)21(3)8-11-4-5-12(16)13(17)6-11;/h4-6,9H,7-8H2,1-3H3,(H,18,19);1H. The molecule has 0 spiro atoms. The SMILES string of the molecule is CN=C(NCc1scnc1C)N(C)Cc1ccc(Cl)c(Cl)c1.I.